The number of hydrogen-bond acceptors (Lipinski definition) is 14. The van der Waals surface area contributed by atoms with Gasteiger partial charge in [0.25, 0.3) is 12.1 Å². The molecular formula is C92H112Br6N18O6. The molecule has 0 aliphatic heterocycles. The quantitative estimate of drug-likeness (QED) is 0.128. The second kappa shape index (κ2) is 33.8. The van der Waals surface area contributed by atoms with Crippen molar-refractivity contribution < 1.29 is 31.0 Å². The van der Waals surface area contributed by atoms with E-state index in [1.165, 1.54) is 89.2 Å². The van der Waals surface area contributed by atoms with Gasteiger partial charge < -0.3 is 28.3 Å². The van der Waals surface area contributed by atoms with Crippen LogP contribution in [0.25, 0.3) is 19.4 Å². The van der Waals surface area contributed by atoms with Crippen molar-refractivity contribution >= 4 is 119 Å². The zero-order valence-corrected chi connectivity index (χ0v) is 83.0. The Hall–Kier alpha value is -7.32. The van der Waals surface area contributed by atoms with Gasteiger partial charge >= 0.3 is 0 Å². The van der Waals surface area contributed by atoms with Crippen molar-refractivity contribution in [1.29, 1.82) is 0 Å². The van der Waals surface area contributed by atoms with Gasteiger partial charge in [0.2, 0.25) is 23.0 Å². The molecule has 0 spiro atoms. The summed E-state index contributed by atoms with van der Waals surface area (Å²) in [7, 11) is 14.3. The van der Waals surface area contributed by atoms with Crippen LogP contribution in [0.3, 0.4) is 0 Å². The Balaban J connectivity index is 0.000000127. The Bertz CT molecular complexity index is 5810. The Morgan fingerprint density at radius 1 is 0.402 bits per heavy atom. The lowest BCUT2D eigenvalue weighted by molar-refractivity contribution is -0.130. The molecule has 2 fully saturated rings. The van der Waals surface area contributed by atoms with Gasteiger partial charge in [-0.05, 0) is 221 Å². The number of rotatable bonds is 0. The molecule has 12 aliphatic rings. The number of carbonyl (C=O) groups excluding carboxylic acids is 4. The van der Waals surface area contributed by atoms with Gasteiger partial charge in [-0.15, -0.1) is 0 Å². The highest BCUT2D eigenvalue weighted by Gasteiger charge is 2.60. The predicted molar refractivity (Wildman–Crippen MR) is 487 cm³/mol. The van der Waals surface area contributed by atoms with Crippen LogP contribution in [0.5, 0.6) is 0 Å². The molecule has 8 aromatic heterocycles. The first-order valence-electron chi connectivity index (χ1n) is 43.9. The van der Waals surface area contributed by atoms with E-state index in [2.05, 4.69) is 213 Å². The number of fused-ring (bicyclic) bond motifs is 20. The third-order valence-electron chi connectivity index (χ3n) is 31.2. The van der Waals surface area contributed by atoms with Gasteiger partial charge in [0.15, 0.2) is 11.6 Å². The molecule has 2 saturated carbocycles. The summed E-state index contributed by atoms with van der Waals surface area (Å²) < 4.78 is 40.1. The van der Waals surface area contributed by atoms with Crippen LogP contribution in [0.15, 0.2) is 72.6 Å². The fourth-order valence-corrected chi connectivity index (χ4v) is 28.7. The van der Waals surface area contributed by atoms with Crippen molar-refractivity contribution in [3.63, 3.8) is 0 Å². The summed E-state index contributed by atoms with van der Waals surface area (Å²) in [6.07, 6.45) is 23.0. The average Bonchev–Trinajstić information content (AvgIpc) is 1.81. The molecule has 8 aromatic rings. The molecule has 648 valence electrons. The molecule has 0 aromatic carbocycles. The number of hydrogen-bond donors (Lipinski definition) is 0. The predicted octanol–water partition coefficient (Wildman–Crippen LogP) is 19.8. The third-order valence-corrected chi connectivity index (χ3v) is 36.1. The normalized spacial score (nSPS) is 32.9. The van der Waals surface area contributed by atoms with E-state index in [1.807, 2.05) is 111 Å². The summed E-state index contributed by atoms with van der Waals surface area (Å²) in [6, 6.07) is -0.996. The summed E-state index contributed by atoms with van der Waals surface area (Å²) in [5.41, 5.74) is 17.3. The second-order valence-electron chi connectivity index (χ2n) is 37.6. The number of aryl methyl sites for hydroxylation is 6. The molecule has 20 atom stereocenters. The minimum atomic E-state index is -0.502. The van der Waals surface area contributed by atoms with E-state index in [9.17, 15) is 19.2 Å². The summed E-state index contributed by atoms with van der Waals surface area (Å²) in [4.78, 5) is 63.1. The van der Waals surface area contributed by atoms with Crippen molar-refractivity contribution in [2.45, 2.75) is 257 Å². The molecular weight excluding hydrogens is 1930 g/mol. The molecule has 30 heteroatoms. The zero-order valence-electron chi connectivity index (χ0n) is 75.5. The van der Waals surface area contributed by atoms with E-state index in [4.69, 9.17) is 48.3 Å². The fourth-order valence-electron chi connectivity index (χ4n) is 25.4. The van der Waals surface area contributed by atoms with Crippen molar-refractivity contribution in [3.8, 4) is 0 Å². The van der Waals surface area contributed by atoms with E-state index in [1.54, 1.807) is 0 Å². The van der Waals surface area contributed by atoms with E-state index in [-0.39, 0.29) is 103 Å². The van der Waals surface area contributed by atoms with E-state index in [0.717, 1.165) is 133 Å². The lowest BCUT2D eigenvalue weighted by Crippen LogP contribution is -2.52. The number of aromatic nitrogens is 14. The van der Waals surface area contributed by atoms with Crippen molar-refractivity contribution in [1.82, 2.24) is 69.0 Å². The Labute approximate surface area is 770 Å². The van der Waals surface area contributed by atoms with Crippen LogP contribution in [0.4, 0.5) is 0 Å². The van der Waals surface area contributed by atoms with E-state index >= 15 is 0 Å². The number of ketones is 4. The van der Waals surface area contributed by atoms with Crippen LogP contribution in [0.2, 0.25) is 0 Å². The largest absolute Gasteiger partial charge is 0.361 e. The first-order valence-corrected chi connectivity index (χ1v) is 46.7. The van der Waals surface area contributed by atoms with Crippen LogP contribution in [0, 0.1) is 85.5 Å². The van der Waals surface area contributed by atoms with Crippen LogP contribution in [-0.2, 0) is 145 Å². The lowest BCUT2D eigenvalue weighted by atomic mass is 9.55. The smallest absolute Gasteiger partial charge is 0.282 e. The molecule has 122 heavy (non-hydrogen) atoms. The summed E-state index contributed by atoms with van der Waals surface area (Å²) in [6.45, 7) is 55.0. The maximum absolute atomic E-state index is 12.3. The van der Waals surface area contributed by atoms with Crippen LogP contribution in [-0.4, -0.2) is 104 Å². The Morgan fingerprint density at radius 3 is 1.15 bits per heavy atom. The Kier molecular flexibility index (Phi) is 24.8. The molecule has 20 rings (SSSR count). The maximum Gasteiger partial charge on any atom is 0.282 e. The molecule has 0 radical (unpaired) electrons. The summed E-state index contributed by atoms with van der Waals surface area (Å²) in [5, 5.41) is 35.7. The SMILES string of the molecule is C[C@@H]1c2oncc2C[C@]2(C)c3c(c(Br)nn3C)CC[C@@H]12.C[C@@H]1c2oncc2C[C@]2(C)c3nn(C)c(Br)c3CC[C@@H]12.[3H]C.[3H]C.[C-]#[N+]C1=C[C@]2(C)c3c(c(Br)nn3C)CC[C@H]2[C@H](C)C1=O.[C-]#[N+]C1=C[C@]2(C)c3nn(C)c(Br)c3CC[C@H]2[C@H](C)C1=O.[C-]#[N+]C1C[C@]2(C)c3c(c(Br)nn3C)CC[C@H]2[C@H](C)C1=O.[C-]#[N+]C1C[C@]2(C)c3nn(C)c(Br)c3CC[C@H]2[C@H](C)C1=O. The van der Waals surface area contributed by atoms with Gasteiger partial charge in [-0.1, -0.05) is 120 Å². The third kappa shape index (κ3) is 14.4. The molecule has 0 N–H and O–H groups in total. The molecule has 2 unspecified atom stereocenters. The van der Waals surface area contributed by atoms with Gasteiger partial charge in [-0.3, -0.25) is 37.7 Å². The van der Waals surface area contributed by atoms with Gasteiger partial charge in [0.05, 0.1) is 48.3 Å². The van der Waals surface area contributed by atoms with Crippen molar-refractivity contribution in [3.05, 3.63) is 199 Å². The van der Waals surface area contributed by atoms with Crippen LogP contribution in [0.1, 0.15) is 254 Å². The second-order valence-corrected chi connectivity index (χ2v) is 42.1. The molecule has 24 nitrogen and oxygen atoms in total. The first kappa shape index (κ1) is 89.5. The number of nitrogens with zero attached hydrogens (tertiary/aromatic N) is 18. The molecule has 0 saturated heterocycles. The number of halogens is 6. The monoisotopic (exact) mass is 2040 g/mol. The first-order chi connectivity index (χ1) is 58.6. The topological polar surface area (TPSA) is 245 Å². The minimum Gasteiger partial charge on any atom is -0.361 e. The Morgan fingerprint density at radius 2 is 0.721 bits per heavy atom. The van der Waals surface area contributed by atoms with Gasteiger partial charge in [0.1, 0.15) is 39.1 Å². The minimum absolute atomic E-state index is 0.00726. The highest BCUT2D eigenvalue weighted by molar-refractivity contribution is 9.11. The fraction of sp³-hybridized carbons (Fsp3) is 0.609. The van der Waals surface area contributed by atoms with Gasteiger partial charge in [0, 0.05) is 182 Å². The van der Waals surface area contributed by atoms with E-state index < -0.39 is 12.1 Å². The molecule has 8 heterocycles. The molecule has 0 bridgehead atoms. The highest BCUT2D eigenvalue weighted by Crippen LogP contribution is 2.60. The average molecular weight is 2050 g/mol. The van der Waals surface area contributed by atoms with Gasteiger partial charge in [-0.2, -0.15) is 30.6 Å². The van der Waals surface area contributed by atoms with Crippen molar-refractivity contribution in [2.75, 3.05) is 0 Å². The number of Topliss-reactive ketones (excluding diaryl/α,β-unsaturated/α-hetero) is 4. The molecule has 0 amide bonds. The molecule has 12 aliphatic carbocycles. The highest BCUT2D eigenvalue weighted by atomic mass is 79.9. The number of carbonyl (C=O) groups is 4. The standard InChI is InChI=1S/3C15H18BrN3O.C15H16BrN3O.C15H18BrN3O.C15H16BrN3O.2CH4/c1-8-11-5-4-10-13(19(3)18-14(10)16)15(11,2)6-9-7-17-20-12(8)9;1-8-11-5-4-10-13(18-19(3)14(10)16)15(11,2)6-9-7-17-20-12(8)9;2*1-8-10-6-5-9-13(19(4)18-14(9)16)15(10,2)7-11(17-3)12(8)20;2*1-8-10-6-5-9-13(18-19(4)14(9)16)15(10,2)7-11(17-3)12(8)20;;/h2*7-8,11H,4-6H2,1-3H3;8,10-11H,5-7H2,1-2,4H3;7-8,10H,5-6H2,1-2,4H3;8,10-11H,5-7H2,1-2,4H3;7-8,10H,5-6H2,1-2,4H3;2*1H4/t2*8-,11-,15-;8-,10-,11?,15-;8-,10-,15-;8-,10-,11?,15-;8-,10-,15-;;/m000000../s1/i;;;;;;2*1T. The summed E-state index contributed by atoms with van der Waals surface area (Å²) >= 11 is 21.6. The van der Waals surface area contributed by atoms with Crippen molar-refractivity contribution in [2.24, 2.45) is 101 Å². The van der Waals surface area contributed by atoms with Gasteiger partial charge in [-0.25, -0.2) is 22.8 Å². The number of allylic oxidation sites excluding steroid dienone is 4. The lowest BCUT2D eigenvalue weighted by Gasteiger charge is -2.47. The van der Waals surface area contributed by atoms with Crippen LogP contribution >= 0.6 is 95.6 Å². The van der Waals surface area contributed by atoms with E-state index in [0.29, 0.717) is 48.3 Å². The zero-order chi connectivity index (χ0) is 90.8. The summed E-state index contributed by atoms with van der Waals surface area (Å²) in [5.74, 6) is 5.26. The van der Waals surface area contributed by atoms with Crippen LogP contribution < -0.4 is 0 Å². The maximum atomic E-state index is 12.3.